The normalized spacial score (nSPS) is 10.7. The lowest BCUT2D eigenvalue weighted by atomic mass is 10.1. The van der Waals surface area contributed by atoms with E-state index in [1.54, 1.807) is 25.3 Å². The zero-order chi connectivity index (χ0) is 13.1. The number of benzene rings is 1. The minimum Gasteiger partial charge on any atom is -0.507 e. The van der Waals surface area contributed by atoms with Crippen LogP contribution in [0.1, 0.15) is 25.5 Å². The summed E-state index contributed by atoms with van der Waals surface area (Å²) in [6.07, 6.45) is 0. The zero-order valence-electron chi connectivity index (χ0n) is 10.7. The molecule has 4 heteroatoms. The van der Waals surface area contributed by atoms with Gasteiger partial charge in [-0.1, -0.05) is 13.8 Å². The van der Waals surface area contributed by atoms with Gasteiger partial charge in [-0.25, -0.2) is 0 Å². The van der Waals surface area contributed by atoms with Crippen molar-refractivity contribution < 1.29 is 9.84 Å². The quantitative estimate of drug-likeness (QED) is 0.901. The summed E-state index contributed by atoms with van der Waals surface area (Å²) in [6, 6.07) is 8.82. The van der Waals surface area contributed by atoms with Gasteiger partial charge in [0.2, 0.25) is 0 Å². The summed E-state index contributed by atoms with van der Waals surface area (Å²) < 4.78 is 5.13. The van der Waals surface area contributed by atoms with E-state index in [4.69, 9.17) is 4.74 Å². The van der Waals surface area contributed by atoms with E-state index in [2.05, 4.69) is 24.0 Å². The third-order valence-electron chi connectivity index (χ3n) is 2.76. The van der Waals surface area contributed by atoms with Crippen molar-refractivity contribution in [1.82, 2.24) is 10.2 Å². The fourth-order valence-corrected chi connectivity index (χ4v) is 1.64. The first-order valence-electron chi connectivity index (χ1n) is 5.83. The molecule has 1 aromatic carbocycles. The van der Waals surface area contributed by atoms with E-state index in [-0.39, 0.29) is 5.75 Å². The number of aromatic hydroxyl groups is 1. The highest BCUT2D eigenvalue weighted by molar-refractivity contribution is 5.68. The van der Waals surface area contributed by atoms with Gasteiger partial charge >= 0.3 is 0 Å². The second-order valence-corrected chi connectivity index (χ2v) is 4.38. The molecule has 2 rings (SSSR count). The van der Waals surface area contributed by atoms with Crippen LogP contribution in [0.15, 0.2) is 30.3 Å². The third-order valence-corrected chi connectivity index (χ3v) is 2.76. The molecule has 0 spiro atoms. The van der Waals surface area contributed by atoms with Gasteiger partial charge in [-0.15, -0.1) is 0 Å². The summed E-state index contributed by atoms with van der Waals surface area (Å²) in [7, 11) is 1.59. The van der Waals surface area contributed by atoms with Gasteiger partial charge in [0.05, 0.1) is 18.5 Å². The Morgan fingerprint density at radius 2 is 1.89 bits per heavy atom. The van der Waals surface area contributed by atoms with Crippen LogP contribution in [-0.4, -0.2) is 22.4 Å². The minimum absolute atomic E-state index is 0.169. The number of aromatic nitrogens is 2. The van der Waals surface area contributed by atoms with Gasteiger partial charge in [0.25, 0.3) is 0 Å². The number of phenolic OH excluding ortho intramolecular Hbond substituents is 1. The lowest BCUT2D eigenvalue weighted by molar-refractivity contribution is 0.412. The maximum Gasteiger partial charge on any atom is 0.125 e. The van der Waals surface area contributed by atoms with Crippen molar-refractivity contribution in [3.8, 4) is 22.8 Å². The third kappa shape index (κ3) is 2.42. The first-order chi connectivity index (χ1) is 8.61. The molecule has 0 unspecified atom stereocenters. The van der Waals surface area contributed by atoms with E-state index in [0.29, 0.717) is 22.9 Å². The van der Waals surface area contributed by atoms with Crippen molar-refractivity contribution in [2.45, 2.75) is 19.8 Å². The van der Waals surface area contributed by atoms with Crippen LogP contribution < -0.4 is 4.74 Å². The molecule has 0 atom stereocenters. The molecule has 0 aliphatic heterocycles. The predicted molar refractivity (Wildman–Crippen MR) is 69.8 cm³/mol. The van der Waals surface area contributed by atoms with Gasteiger partial charge in [0.15, 0.2) is 0 Å². The molecule has 94 valence electrons. The van der Waals surface area contributed by atoms with Gasteiger partial charge in [0, 0.05) is 5.56 Å². The number of methoxy groups -OCH3 is 1. The SMILES string of the molecule is COc1ccc(O)c(-c2ccc(C(C)C)nn2)c1. The number of hydrogen-bond acceptors (Lipinski definition) is 4. The Bertz CT molecular complexity index is 536. The van der Waals surface area contributed by atoms with E-state index in [1.807, 2.05) is 12.1 Å². The van der Waals surface area contributed by atoms with E-state index in [0.717, 1.165) is 5.69 Å². The molecule has 1 heterocycles. The van der Waals surface area contributed by atoms with Gasteiger partial charge in [-0.3, -0.25) is 0 Å². The van der Waals surface area contributed by atoms with Gasteiger partial charge in [-0.05, 0) is 36.2 Å². The van der Waals surface area contributed by atoms with E-state index in [1.165, 1.54) is 0 Å². The molecular formula is C14H16N2O2. The summed E-state index contributed by atoms with van der Waals surface area (Å²) in [5, 5.41) is 18.1. The van der Waals surface area contributed by atoms with Crippen LogP contribution in [-0.2, 0) is 0 Å². The maximum absolute atomic E-state index is 9.84. The molecule has 0 aliphatic rings. The van der Waals surface area contributed by atoms with Crippen molar-refractivity contribution >= 4 is 0 Å². The van der Waals surface area contributed by atoms with Gasteiger partial charge in [-0.2, -0.15) is 10.2 Å². The minimum atomic E-state index is 0.169. The average molecular weight is 244 g/mol. The molecule has 0 amide bonds. The van der Waals surface area contributed by atoms with E-state index >= 15 is 0 Å². The monoisotopic (exact) mass is 244 g/mol. The highest BCUT2D eigenvalue weighted by atomic mass is 16.5. The van der Waals surface area contributed by atoms with Crippen molar-refractivity contribution in [1.29, 1.82) is 0 Å². The van der Waals surface area contributed by atoms with Crippen LogP contribution in [0.2, 0.25) is 0 Å². The van der Waals surface area contributed by atoms with Crippen LogP contribution in [0, 0.1) is 0 Å². The summed E-state index contributed by atoms with van der Waals surface area (Å²) >= 11 is 0. The fraction of sp³-hybridized carbons (Fsp3) is 0.286. The van der Waals surface area contributed by atoms with Gasteiger partial charge in [0.1, 0.15) is 11.5 Å². The molecule has 18 heavy (non-hydrogen) atoms. The number of rotatable bonds is 3. The average Bonchev–Trinajstić information content (AvgIpc) is 2.39. The molecule has 0 bridgehead atoms. The molecule has 0 radical (unpaired) electrons. The Morgan fingerprint density at radius 1 is 1.11 bits per heavy atom. The molecule has 1 N–H and O–H groups in total. The van der Waals surface area contributed by atoms with Crippen LogP contribution in [0.4, 0.5) is 0 Å². The number of phenols is 1. The first kappa shape index (κ1) is 12.4. The lowest BCUT2D eigenvalue weighted by Crippen LogP contribution is -1.96. The Labute approximate surface area is 106 Å². The molecule has 4 nitrogen and oxygen atoms in total. The summed E-state index contributed by atoms with van der Waals surface area (Å²) in [5.74, 6) is 1.19. The zero-order valence-corrected chi connectivity index (χ0v) is 10.7. The summed E-state index contributed by atoms with van der Waals surface area (Å²) in [6.45, 7) is 4.12. The van der Waals surface area contributed by atoms with Crippen LogP contribution >= 0.6 is 0 Å². The molecule has 0 aliphatic carbocycles. The molecular weight excluding hydrogens is 228 g/mol. The highest BCUT2D eigenvalue weighted by Crippen LogP contribution is 2.31. The van der Waals surface area contributed by atoms with Gasteiger partial charge < -0.3 is 9.84 Å². The van der Waals surface area contributed by atoms with Crippen LogP contribution in [0.5, 0.6) is 11.5 Å². The molecule has 0 fully saturated rings. The summed E-state index contributed by atoms with van der Waals surface area (Å²) in [4.78, 5) is 0. The molecule has 2 aromatic rings. The Morgan fingerprint density at radius 3 is 2.44 bits per heavy atom. The Kier molecular flexibility index (Phi) is 3.46. The molecule has 0 saturated carbocycles. The van der Waals surface area contributed by atoms with Crippen LogP contribution in [0.25, 0.3) is 11.3 Å². The number of hydrogen-bond donors (Lipinski definition) is 1. The molecule has 1 aromatic heterocycles. The predicted octanol–water partition coefficient (Wildman–Crippen LogP) is 2.98. The van der Waals surface area contributed by atoms with Crippen LogP contribution in [0.3, 0.4) is 0 Å². The Hall–Kier alpha value is -2.10. The summed E-state index contributed by atoms with van der Waals surface area (Å²) in [5.41, 5.74) is 2.19. The second-order valence-electron chi connectivity index (χ2n) is 4.38. The topological polar surface area (TPSA) is 55.2 Å². The van der Waals surface area contributed by atoms with E-state index in [9.17, 15) is 5.11 Å². The smallest absolute Gasteiger partial charge is 0.125 e. The highest BCUT2D eigenvalue weighted by Gasteiger charge is 2.09. The van der Waals surface area contributed by atoms with Crippen molar-refractivity contribution in [3.05, 3.63) is 36.0 Å². The molecule has 0 saturated heterocycles. The first-order valence-corrected chi connectivity index (χ1v) is 5.83. The van der Waals surface area contributed by atoms with E-state index < -0.39 is 0 Å². The Balaban J connectivity index is 2.41. The van der Waals surface area contributed by atoms with Crippen molar-refractivity contribution in [2.24, 2.45) is 0 Å². The maximum atomic E-state index is 9.84. The standard InChI is InChI=1S/C14H16N2O2/c1-9(2)12-5-6-13(16-15-12)11-8-10(18-3)4-7-14(11)17/h4-9,17H,1-3H3. The number of nitrogens with zero attached hydrogens (tertiary/aromatic N) is 2. The van der Waals surface area contributed by atoms with Crippen molar-refractivity contribution in [2.75, 3.05) is 7.11 Å². The van der Waals surface area contributed by atoms with Crippen molar-refractivity contribution in [3.63, 3.8) is 0 Å². The fourth-order valence-electron chi connectivity index (χ4n) is 1.64. The lowest BCUT2D eigenvalue weighted by Gasteiger charge is -2.08. The largest absolute Gasteiger partial charge is 0.507 e. The number of ether oxygens (including phenoxy) is 1. The second kappa shape index (κ2) is 5.04.